The topological polar surface area (TPSA) is 92.0 Å². The van der Waals surface area contributed by atoms with Gasteiger partial charge in [-0.25, -0.2) is 4.79 Å². The minimum Gasteiger partial charge on any atom is -0.485 e. The smallest absolute Gasteiger partial charge is 0.455 e. The molecule has 3 rings (SSSR count). The number of ether oxygens (including phenoxy) is 3. The largest absolute Gasteiger partial charge is 0.485 e. The SMILES string of the molecule is CCOC(=O)c1oc2cc(C)ccc2c1C(F)(F)F.COCC(=O)COc1cc(C)ccc1C(=O)C(F)(F)F. The van der Waals surface area contributed by atoms with Crippen LogP contribution in [0.25, 0.3) is 11.0 Å². The van der Waals surface area contributed by atoms with Gasteiger partial charge in [0.2, 0.25) is 5.76 Å². The van der Waals surface area contributed by atoms with Crippen LogP contribution in [-0.2, 0) is 20.4 Å². The van der Waals surface area contributed by atoms with Crippen LogP contribution in [0, 0.1) is 13.8 Å². The molecule has 0 N–H and O–H groups in total. The van der Waals surface area contributed by atoms with Crippen molar-refractivity contribution in [1.29, 1.82) is 0 Å². The second-order valence-electron chi connectivity index (χ2n) is 8.11. The number of furan rings is 1. The molecule has 0 unspecified atom stereocenters. The van der Waals surface area contributed by atoms with E-state index in [-0.39, 0.29) is 29.9 Å². The number of esters is 1. The van der Waals surface area contributed by atoms with E-state index in [0.29, 0.717) is 5.56 Å². The first-order valence-corrected chi connectivity index (χ1v) is 11.2. The molecule has 0 aliphatic rings. The van der Waals surface area contributed by atoms with Gasteiger partial charge in [-0.15, -0.1) is 0 Å². The van der Waals surface area contributed by atoms with Crippen molar-refractivity contribution >= 4 is 28.5 Å². The van der Waals surface area contributed by atoms with Gasteiger partial charge in [-0.1, -0.05) is 18.2 Å². The number of carbonyl (C=O) groups excluding carboxylic acids is 3. The van der Waals surface area contributed by atoms with Gasteiger partial charge in [-0.05, 0) is 50.1 Å². The van der Waals surface area contributed by atoms with Crippen LogP contribution in [0.3, 0.4) is 0 Å². The van der Waals surface area contributed by atoms with E-state index in [9.17, 15) is 40.7 Å². The highest BCUT2D eigenvalue weighted by atomic mass is 19.4. The molecule has 1 aromatic heterocycles. The van der Waals surface area contributed by atoms with Crippen molar-refractivity contribution in [3.8, 4) is 5.75 Å². The Balaban J connectivity index is 0.000000274. The molecule has 0 radical (unpaired) electrons. The Morgan fingerprint density at radius 1 is 0.897 bits per heavy atom. The van der Waals surface area contributed by atoms with Crippen LogP contribution in [0.5, 0.6) is 5.75 Å². The van der Waals surface area contributed by atoms with E-state index < -0.39 is 53.4 Å². The molecule has 0 saturated carbocycles. The van der Waals surface area contributed by atoms with Gasteiger partial charge < -0.3 is 18.6 Å². The normalized spacial score (nSPS) is 11.5. The minimum atomic E-state index is -5.00. The van der Waals surface area contributed by atoms with Gasteiger partial charge in [0, 0.05) is 12.5 Å². The zero-order valence-corrected chi connectivity index (χ0v) is 21.2. The number of methoxy groups -OCH3 is 1. The molecule has 0 amide bonds. The number of carbonyl (C=O) groups is 3. The van der Waals surface area contributed by atoms with Crippen molar-refractivity contribution in [2.45, 2.75) is 33.1 Å². The molecule has 3 aromatic rings. The van der Waals surface area contributed by atoms with E-state index in [2.05, 4.69) is 9.47 Å². The molecule has 13 heteroatoms. The lowest BCUT2D eigenvalue weighted by molar-refractivity contribution is -0.137. The first kappa shape index (κ1) is 31.3. The Hall–Kier alpha value is -3.87. The summed E-state index contributed by atoms with van der Waals surface area (Å²) in [5.41, 5.74) is -0.326. The average Bonchev–Trinajstić information content (AvgIpc) is 3.22. The molecule has 0 bridgehead atoms. The summed E-state index contributed by atoms with van der Waals surface area (Å²) in [4.78, 5) is 34.0. The lowest BCUT2D eigenvalue weighted by Crippen LogP contribution is -2.24. The fourth-order valence-electron chi connectivity index (χ4n) is 3.28. The Kier molecular flexibility index (Phi) is 10.3. The zero-order valence-electron chi connectivity index (χ0n) is 21.2. The quantitative estimate of drug-likeness (QED) is 0.182. The summed E-state index contributed by atoms with van der Waals surface area (Å²) >= 11 is 0. The highest BCUT2D eigenvalue weighted by molar-refractivity contribution is 6.02. The molecule has 7 nitrogen and oxygen atoms in total. The van der Waals surface area contributed by atoms with Crippen molar-refractivity contribution in [2.75, 3.05) is 26.9 Å². The van der Waals surface area contributed by atoms with Gasteiger partial charge in [0.05, 0.1) is 12.2 Å². The lowest BCUT2D eigenvalue weighted by atomic mass is 10.1. The van der Waals surface area contributed by atoms with E-state index in [4.69, 9.17) is 9.15 Å². The number of benzene rings is 2. The van der Waals surface area contributed by atoms with Crippen LogP contribution in [0.4, 0.5) is 26.3 Å². The molecule has 0 aliphatic carbocycles. The standard InChI is InChI=1S/C13H13F3O4.C13H11F3O3/c1-8-3-4-10(12(18)13(14,15)16)11(5-8)20-7-9(17)6-19-2;1-3-18-12(17)11-10(13(14,15)16)8-5-4-7(2)6-9(8)19-11/h3-5H,6-7H2,1-2H3;4-6H,3H2,1-2H3. The van der Waals surface area contributed by atoms with Crippen molar-refractivity contribution in [3.05, 3.63) is 64.4 Å². The average molecular weight is 562 g/mol. The minimum absolute atomic E-state index is 0.0216. The summed E-state index contributed by atoms with van der Waals surface area (Å²) in [6, 6.07) is 7.94. The highest BCUT2D eigenvalue weighted by Gasteiger charge is 2.42. The first-order valence-electron chi connectivity index (χ1n) is 11.2. The number of Topliss-reactive ketones (excluding diaryl/α,β-unsaturated/α-hetero) is 2. The molecule has 0 spiro atoms. The number of fused-ring (bicyclic) bond motifs is 1. The third-order valence-corrected chi connectivity index (χ3v) is 4.92. The van der Waals surface area contributed by atoms with Crippen LogP contribution in [0.1, 0.15) is 44.5 Å². The zero-order chi connectivity index (χ0) is 29.5. The van der Waals surface area contributed by atoms with Gasteiger partial charge in [0.15, 0.2) is 5.78 Å². The maximum Gasteiger partial charge on any atom is 0.455 e. The summed E-state index contributed by atoms with van der Waals surface area (Å²) in [5.74, 6) is -4.62. The number of hydrogen-bond acceptors (Lipinski definition) is 7. The van der Waals surface area contributed by atoms with Gasteiger partial charge in [0.25, 0.3) is 5.78 Å². The molecule has 0 aliphatic heterocycles. The van der Waals surface area contributed by atoms with Crippen LogP contribution >= 0.6 is 0 Å². The van der Waals surface area contributed by atoms with E-state index >= 15 is 0 Å². The second-order valence-corrected chi connectivity index (χ2v) is 8.11. The number of halogens is 6. The van der Waals surface area contributed by atoms with E-state index in [1.165, 1.54) is 44.4 Å². The van der Waals surface area contributed by atoms with E-state index in [0.717, 1.165) is 11.6 Å². The molecule has 0 fully saturated rings. The summed E-state index contributed by atoms with van der Waals surface area (Å²) in [5, 5.41) is -0.138. The van der Waals surface area contributed by atoms with Gasteiger partial charge >= 0.3 is 18.3 Å². The summed E-state index contributed by atoms with van der Waals surface area (Å²) < 4.78 is 95.7. The summed E-state index contributed by atoms with van der Waals surface area (Å²) in [6.07, 6.45) is -9.67. The third-order valence-electron chi connectivity index (χ3n) is 4.92. The number of ketones is 2. The molecule has 0 atom stereocenters. The van der Waals surface area contributed by atoms with Crippen LogP contribution < -0.4 is 4.74 Å². The number of hydrogen-bond donors (Lipinski definition) is 0. The summed E-state index contributed by atoms with van der Waals surface area (Å²) in [7, 11) is 1.31. The fraction of sp³-hybridized carbons (Fsp3) is 0.346. The first-order chi connectivity index (χ1) is 18.1. The Bertz CT molecular complexity index is 1340. The number of rotatable bonds is 8. The highest BCUT2D eigenvalue weighted by Crippen LogP contribution is 2.40. The van der Waals surface area contributed by atoms with Gasteiger partial charge in [-0.3, -0.25) is 9.59 Å². The van der Waals surface area contributed by atoms with Gasteiger partial charge in [-0.2, -0.15) is 26.3 Å². The molecular formula is C26H24F6O7. The monoisotopic (exact) mass is 562 g/mol. The number of alkyl halides is 6. The predicted octanol–water partition coefficient (Wildman–Crippen LogP) is 6.27. The lowest BCUT2D eigenvalue weighted by Gasteiger charge is -2.12. The third kappa shape index (κ3) is 8.31. The van der Waals surface area contributed by atoms with Crippen molar-refractivity contribution in [1.82, 2.24) is 0 Å². The Morgan fingerprint density at radius 2 is 1.51 bits per heavy atom. The molecule has 0 saturated heterocycles. The maximum atomic E-state index is 13.0. The van der Waals surface area contributed by atoms with Crippen LogP contribution in [0.2, 0.25) is 0 Å². The van der Waals surface area contributed by atoms with Crippen molar-refractivity contribution in [2.24, 2.45) is 0 Å². The molecular weight excluding hydrogens is 538 g/mol. The Labute approximate surface area is 218 Å². The van der Waals surface area contributed by atoms with Crippen molar-refractivity contribution < 1.29 is 59.4 Å². The predicted molar refractivity (Wildman–Crippen MR) is 126 cm³/mol. The van der Waals surface area contributed by atoms with Crippen LogP contribution in [0.15, 0.2) is 40.8 Å². The molecule has 1 heterocycles. The maximum absolute atomic E-state index is 13.0. The number of aryl methyl sites for hydroxylation is 2. The summed E-state index contributed by atoms with van der Waals surface area (Å²) in [6.45, 7) is 4.17. The Morgan fingerprint density at radius 3 is 2.08 bits per heavy atom. The van der Waals surface area contributed by atoms with E-state index in [1.807, 2.05) is 0 Å². The van der Waals surface area contributed by atoms with Crippen LogP contribution in [-0.4, -0.2) is 50.6 Å². The van der Waals surface area contributed by atoms with E-state index in [1.54, 1.807) is 13.8 Å². The second kappa shape index (κ2) is 12.8. The van der Waals surface area contributed by atoms with Crippen molar-refractivity contribution in [3.63, 3.8) is 0 Å². The molecule has 39 heavy (non-hydrogen) atoms. The fourth-order valence-corrected chi connectivity index (χ4v) is 3.28. The van der Waals surface area contributed by atoms with Gasteiger partial charge in [0.1, 0.15) is 30.1 Å². The molecule has 2 aromatic carbocycles. The molecule has 212 valence electrons.